The van der Waals surface area contributed by atoms with E-state index in [1.54, 1.807) is 14.2 Å². The fourth-order valence-electron chi connectivity index (χ4n) is 5.24. The Bertz CT molecular complexity index is 1210. The van der Waals surface area contributed by atoms with Crippen molar-refractivity contribution in [3.8, 4) is 23.0 Å². The highest BCUT2D eigenvalue weighted by Gasteiger charge is 2.33. The number of ether oxygens (including phenoxy) is 3. The summed E-state index contributed by atoms with van der Waals surface area (Å²) >= 11 is 1.38. The fraction of sp³-hybridized carbons (Fsp3) is 0.333. The molecule has 0 radical (unpaired) electrons. The Morgan fingerprint density at radius 1 is 0.879 bits per heavy atom. The molecule has 0 spiro atoms. The van der Waals surface area contributed by atoms with Gasteiger partial charge in [-0.25, -0.2) is 0 Å². The first-order chi connectivity index (χ1) is 16.2. The Balaban J connectivity index is 1.26. The van der Waals surface area contributed by atoms with Gasteiger partial charge in [0.1, 0.15) is 11.5 Å². The summed E-state index contributed by atoms with van der Waals surface area (Å²) in [5.41, 5.74) is 6.72. The lowest BCUT2D eigenvalue weighted by atomic mass is 9.84. The minimum atomic E-state index is 0.387. The van der Waals surface area contributed by atoms with Crippen LogP contribution < -0.4 is 18.4 Å². The summed E-state index contributed by atoms with van der Waals surface area (Å²) in [6.45, 7) is 2.75. The molecule has 3 aliphatic heterocycles. The number of hydrogen-bond donors (Lipinski definition) is 0. The summed E-state index contributed by atoms with van der Waals surface area (Å²) in [5.74, 6) is 3.48. The summed E-state index contributed by atoms with van der Waals surface area (Å²) in [7, 11) is 3.44. The molecule has 0 fully saturated rings. The van der Waals surface area contributed by atoms with Crippen molar-refractivity contribution in [2.75, 3.05) is 27.4 Å². The van der Waals surface area contributed by atoms with Crippen molar-refractivity contribution in [1.82, 2.24) is 4.90 Å². The van der Waals surface area contributed by atoms with Crippen molar-refractivity contribution in [1.29, 1.82) is 0 Å². The molecule has 3 aromatic rings. The quantitative estimate of drug-likeness (QED) is 0.475. The maximum absolute atomic E-state index is 6.20. The molecule has 0 N–H and O–H groups in total. The van der Waals surface area contributed by atoms with Crippen LogP contribution in [0.25, 0.3) is 0 Å². The number of rotatable bonds is 5. The molecule has 6 heteroatoms. The van der Waals surface area contributed by atoms with Crippen LogP contribution in [0.5, 0.6) is 23.0 Å². The van der Waals surface area contributed by atoms with E-state index in [9.17, 15) is 0 Å². The molecule has 3 heterocycles. The van der Waals surface area contributed by atoms with Crippen LogP contribution in [0.2, 0.25) is 0 Å². The molecule has 33 heavy (non-hydrogen) atoms. The van der Waals surface area contributed by atoms with Gasteiger partial charge in [-0.05, 0) is 83.1 Å². The molecular weight excluding hydrogens is 434 g/mol. The minimum Gasteiger partial charge on any atom is -0.497 e. The number of hydrogen-bond acceptors (Lipinski definition) is 6. The maximum atomic E-state index is 6.20. The van der Waals surface area contributed by atoms with Crippen LogP contribution in [0, 0.1) is 0 Å². The number of nitrogens with zero attached hydrogens (tertiary/aromatic N) is 1. The molecule has 0 saturated carbocycles. The van der Waals surface area contributed by atoms with E-state index in [1.165, 1.54) is 39.9 Å². The molecule has 0 aromatic heterocycles. The van der Waals surface area contributed by atoms with E-state index in [2.05, 4.69) is 41.3 Å². The largest absolute Gasteiger partial charge is 0.497 e. The Labute approximate surface area is 198 Å². The molecule has 3 aromatic carbocycles. The van der Waals surface area contributed by atoms with Gasteiger partial charge >= 0.3 is 0 Å². The van der Waals surface area contributed by atoms with E-state index in [0.717, 1.165) is 66.9 Å². The second-order valence-corrected chi connectivity index (χ2v) is 9.62. The lowest BCUT2D eigenvalue weighted by Gasteiger charge is -2.41. The van der Waals surface area contributed by atoms with Crippen LogP contribution in [-0.4, -0.2) is 32.3 Å². The molecule has 1 atom stereocenters. The third-order valence-electron chi connectivity index (χ3n) is 6.98. The van der Waals surface area contributed by atoms with Gasteiger partial charge in [-0.1, -0.05) is 6.07 Å². The smallest absolute Gasteiger partial charge is 0.179 e. The average molecular weight is 462 g/mol. The second-order valence-electron chi connectivity index (χ2n) is 8.81. The highest BCUT2D eigenvalue weighted by molar-refractivity contribution is 7.95. The second kappa shape index (κ2) is 8.50. The van der Waals surface area contributed by atoms with Crippen LogP contribution in [0.1, 0.15) is 33.9 Å². The van der Waals surface area contributed by atoms with Gasteiger partial charge in [-0.3, -0.25) is 4.90 Å². The van der Waals surface area contributed by atoms with Crippen molar-refractivity contribution >= 4 is 12.0 Å². The molecule has 3 aliphatic rings. The molecule has 0 bridgehead atoms. The predicted octanol–water partition coefficient (Wildman–Crippen LogP) is 5.38. The van der Waals surface area contributed by atoms with Crippen LogP contribution in [-0.2, 0) is 25.8 Å². The number of benzene rings is 3. The molecule has 170 valence electrons. The van der Waals surface area contributed by atoms with E-state index in [0.29, 0.717) is 6.04 Å². The average Bonchev–Trinajstić information content (AvgIpc) is 3.33. The van der Waals surface area contributed by atoms with Crippen molar-refractivity contribution in [2.24, 2.45) is 0 Å². The van der Waals surface area contributed by atoms with Crippen molar-refractivity contribution < 1.29 is 18.4 Å². The van der Waals surface area contributed by atoms with Crippen LogP contribution in [0.4, 0.5) is 0 Å². The molecule has 6 rings (SSSR count). The van der Waals surface area contributed by atoms with Gasteiger partial charge < -0.3 is 18.4 Å². The zero-order valence-corrected chi connectivity index (χ0v) is 19.7. The van der Waals surface area contributed by atoms with Gasteiger partial charge in [0, 0.05) is 30.4 Å². The Morgan fingerprint density at radius 3 is 2.67 bits per heavy atom. The van der Waals surface area contributed by atoms with Gasteiger partial charge in [0.05, 0.1) is 32.9 Å². The lowest BCUT2D eigenvalue weighted by molar-refractivity contribution is 0.160. The Morgan fingerprint density at radius 2 is 1.79 bits per heavy atom. The maximum Gasteiger partial charge on any atom is 0.179 e. The van der Waals surface area contributed by atoms with Crippen molar-refractivity contribution in [2.45, 2.75) is 36.7 Å². The molecule has 5 nitrogen and oxygen atoms in total. The molecule has 0 aliphatic carbocycles. The Kier molecular flexibility index (Phi) is 5.35. The van der Waals surface area contributed by atoms with Crippen LogP contribution in [0.3, 0.4) is 0 Å². The lowest BCUT2D eigenvalue weighted by Crippen LogP contribution is -2.39. The van der Waals surface area contributed by atoms with E-state index in [1.807, 2.05) is 12.1 Å². The van der Waals surface area contributed by atoms with E-state index in [4.69, 9.17) is 18.4 Å². The van der Waals surface area contributed by atoms with Gasteiger partial charge in [-0.2, -0.15) is 0 Å². The highest BCUT2D eigenvalue weighted by atomic mass is 32.2. The van der Waals surface area contributed by atoms with Crippen molar-refractivity contribution in [3.63, 3.8) is 0 Å². The first-order valence-corrected chi connectivity index (χ1v) is 12.2. The minimum absolute atomic E-state index is 0.387. The summed E-state index contributed by atoms with van der Waals surface area (Å²) in [5, 5.41) is 0. The summed E-state index contributed by atoms with van der Waals surface area (Å²) < 4.78 is 23.0. The number of fused-ring (bicyclic) bond motifs is 5. The fourth-order valence-corrected chi connectivity index (χ4v) is 5.87. The van der Waals surface area contributed by atoms with Crippen LogP contribution in [0.15, 0.2) is 53.4 Å². The summed E-state index contributed by atoms with van der Waals surface area (Å²) in [6, 6.07) is 17.5. The van der Waals surface area contributed by atoms with Crippen molar-refractivity contribution in [3.05, 3.63) is 76.3 Å². The van der Waals surface area contributed by atoms with E-state index < -0.39 is 0 Å². The topological polar surface area (TPSA) is 40.2 Å². The zero-order chi connectivity index (χ0) is 22.4. The summed E-state index contributed by atoms with van der Waals surface area (Å²) in [6.07, 6.45) is 2.98. The molecule has 0 amide bonds. The SMILES string of the molecule is COc1ccc2c(c1)CCN1Cc3cc(OC)c(OSc4ccc5c(c4)CCO5)cc3CC21. The molecule has 0 saturated heterocycles. The highest BCUT2D eigenvalue weighted by Crippen LogP contribution is 2.43. The van der Waals surface area contributed by atoms with Gasteiger partial charge in [-0.15, -0.1) is 0 Å². The van der Waals surface area contributed by atoms with Gasteiger partial charge in [0.15, 0.2) is 11.5 Å². The first-order valence-electron chi connectivity index (χ1n) is 11.4. The molecule has 1 unspecified atom stereocenters. The predicted molar refractivity (Wildman–Crippen MR) is 129 cm³/mol. The van der Waals surface area contributed by atoms with E-state index >= 15 is 0 Å². The number of methoxy groups -OCH3 is 2. The van der Waals surface area contributed by atoms with Gasteiger partial charge in [0.2, 0.25) is 0 Å². The van der Waals surface area contributed by atoms with E-state index in [-0.39, 0.29) is 0 Å². The first kappa shape index (κ1) is 20.8. The normalized spacial score (nSPS) is 18.4. The molecular formula is C27H27NO4S. The summed E-state index contributed by atoms with van der Waals surface area (Å²) in [4.78, 5) is 3.65. The zero-order valence-electron chi connectivity index (χ0n) is 18.9. The monoisotopic (exact) mass is 461 g/mol. The van der Waals surface area contributed by atoms with Crippen LogP contribution >= 0.6 is 12.0 Å². The standard InChI is InChI=1S/C27H27NO4S/c1-29-21-3-5-23-17(11-21)7-9-28-16-20-15-26(30-2)27(14-19(20)13-24(23)28)32-33-22-4-6-25-18(12-22)8-10-31-25/h3-6,11-12,14-15,24H,7-10,13,16H2,1-2H3. The third-order valence-corrected chi connectivity index (χ3v) is 7.69. The Hall–Kier alpha value is -2.83. The van der Waals surface area contributed by atoms with Gasteiger partial charge in [0.25, 0.3) is 0 Å². The third kappa shape index (κ3) is 3.81.